The van der Waals surface area contributed by atoms with E-state index in [4.69, 9.17) is 0 Å². The van der Waals surface area contributed by atoms with Gasteiger partial charge in [-0.15, -0.1) is 0 Å². The number of rotatable bonds is 4. The topological polar surface area (TPSA) is 81.7 Å². The second kappa shape index (κ2) is 7.93. The normalized spacial score (nSPS) is 26.5. The maximum absolute atomic E-state index is 13.0. The van der Waals surface area contributed by atoms with E-state index in [1.165, 1.54) is 24.3 Å². The van der Waals surface area contributed by atoms with Gasteiger partial charge in [0.05, 0.1) is 12.0 Å². The molecule has 1 aromatic carbocycles. The lowest BCUT2D eigenvalue weighted by Crippen LogP contribution is -2.46. The minimum atomic E-state index is -0.428. The molecule has 0 aromatic heterocycles. The van der Waals surface area contributed by atoms with Gasteiger partial charge in [-0.25, -0.2) is 4.39 Å². The fourth-order valence-corrected chi connectivity index (χ4v) is 3.45. The average Bonchev–Trinajstić information content (AvgIpc) is 3.05. The van der Waals surface area contributed by atoms with Crippen LogP contribution in [0.3, 0.4) is 0 Å². The Kier molecular flexibility index (Phi) is 5.65. The van der Waals surface area contributed by atoms with E-state index in [0.29, 0.717) is 38.3 Å². The Morgan fingerprint density at radius 1 is 1.28 bits per heavy atom. The first kappa shape index (κ1) is 17.8. The quantitative estimate of drug-likeness (QED) is 0.734. The zero-order valence-corrected chi connectivity index (χ0v) is 14.1. The van der Waals surface area contributed by atoms with Crippen molar-refractivity contribution in [3.63, 3.8) is 0 Å². The molecule has 1 aromatic rings. The van der Waals surface area contributed by atoms with Crippen molar-refractivity contribution < 1.29 is 19.1 Å². The van der Waals surface area contributed by atoms with Crippen molar-refractivity contribution in [2.45, 2.75) is 18.9 Å². The van der Waals surface area contributed by atoms with E-state index in [1.807, 2.05) is 0 Å². The van der Waals surface area contributed by atoms with Crippen molar-refractivity contribution in [1.82, 2.24) is 15.5 Å². The molecule has 2 saturated heterocycles. The summed E-state index contributed by atoms with van der Waals surface area (Å²) in [5, 5.41) is 15.8. The molecular weight excluding hydrogens is 325 g/mol. The van der Waals surface area contributed by atoms with Crippen molar-refractivity contribution >= 4 is 11.8 Å². The van der Waals surface area contributed by atoms with Crippen LogP contribution in [0.1, 0.15) is 23.2 Å². The fraction of sp³-hybridized carbons (Fsp3) is 0.556. The monoisotopic (exact) mass is 349 g/mol. The third-order valence-corrected chi connectivity index (χ3v) is 5.01. The van der Waals surface area contributed by atoms with Gasteiger partial charge in [0, 0.05) is 44.2 Å². The van der Waals surface area contributed by atoms with Gasteiger partial charge in [0.1, 0.15) is 5.82 Å². The van der Waals surface area contributed by atoms with Gasteiger partial charge in [-0.2, -0.15) is 0 Å². The molecule has 3 N–H and O–H groups in total. The number of benzene rings is 1. The number of halogens is 1. The van der Waals surface area contributed by atoms with Gasteiger partial charge in [0.15, 0.2) is 0 Å². The lowest BCUT2D eigenvalue weighted by Gasteiger charge is -2.32. The van der Waals surface area contributed by atoms with E-state index < -0.39 is 6.10 Å². The molecular formula is C18H24FN3O3. The van der Waals surface area contributed by atoms with Crippen LogP contribution in [0.2, 0.25) is 0 Å². The van der Waals surface area contributed by atoms with Crippen LogP contribution in [-0.2, 0) is 4.79 Å². The predicted octanol–water partition coefficient (Wildman–Crippen LogP) is 0.374. The summed E-state index contributed by atoms with van der Waals surface area (Å²) in [6.45, 7) is 2.67. The summed E-state index contributed by atoms with van der Waals surface area (Å²) < 4.78 is 13.0. The molecule has 2 heterocycles. The first-order valence-electron chi connectivity index (χ1n) is 8.76. The van der Waals surface area contributed by atoms with Crippen molar-refractivity contribution in [2.75, 3.05) is 32.7 Å². The van der Waals surface area contributed by atoms with Crippen LogP contribution in [0, 0.1) is 17.7 Å². The highest BCUT2D eigenvalue weighted by Gasteiger charge is 2.30. The first-order chi connectivity index (χ1) is 12.0. The maximum Gasteiger partial charge on any atom is 0.253 e. The molecule has 2 amide bonds. The van der Waals surface area contributed by atoms with E-state index in [2.05, 4.69) is 10.6 Å². The van der Waals surface area contributed by atoms with Gasteiger partial charge in [-0.1, -0.05) is 0 Å². The number of hydrogen-bond donors (Lipinski definition) is 3. The SMILES string of the molecule is O=C(NCC1CNCC1O)C1CCCN(C(=O)c2ccc(F)cc2)C1. The van der Waals surface area contributed by atoms with E-state index in [0.717, 1.165) is 12.8 Å². The van der Waals surface area contributed by atoms with Gasteiger partial charge in [-0.05, 0) is 37.1 Å². The molecule has 0 aliphatic carbocycles. The maximum atomic E-state index is 13.0. The van der Waals surface area contributed by atoms with Crippen LogP contribution in [0.4, 0.5) is 4.39 Å². The van der Waals surface area contributed by atoms with E-state index in [1.54, 1.807) is 4.90 Å². The van der Waals surface area contributed by atoms with Crippen LogP contribution >= 0.6 is 0 Å². The third kappa shape index (κ3) is 4.35. The van der Waals surface area contributed by atoms with Crippen molar-refractivity contribution in [3.8, 4) is 0 Å². The Balaban J connectivity index is 1.54. The number of likely N-dealkylation sites (tertiary alicyclic amines) is 1. The Morgan fingerprint density at radius 3 is 2.72 bits per heavy atom. The summed E-state index contributed by atoms with van der Waals surface area (Å²) in [7, 11) is 0. The zero-order chi connectivity index (χ0) is 17.8. The molecule has 136 valence electrons. The minimum Gasteiger partial charge on any atom is -0.391 e. The number of nitrogens with one attached hydrogen (secondary N) is 2. The Bertz CT molecular complexity index is 622. The van der Waals surface area contributed by atoms with E-state index >= 15 is 0 Å². The van der Waals surface area contributed by atoms with Crippen LogP contribution in [-0.4, -0.2) is 60.6 Å². The third-order valence-electron chi connectivity index (χ3n) is 5.01. The van der Waals surface area contributed by atoms with Gasteiger partial charge < -0.3 is 20.6 Å². The number of carbonyl (C=O) groups excluding carboxylic acids is 2. The van der Waals surface area contributed by atoms with E-state index in [-0.39, 0.29) is 29.5 Å². The number of aliphatic hydroxyl groups is 1. The largest absolute Gasteiger partial charge is 0.391 e. The molecule has 6 nitrogen and oxygen atoms in total. The Labute approximate surface area is 146 Å². The number of nitrogens with zero attached hydrogens (tertiary/aromatic N) is 1. The van der Waals surface area contributed by atoms with Crippen molar-refractivity contribution in [3.05, 3.63) is 35.6 Å². The number of carbonyl (C=O) groups is 2. The summed E-state index contributed by atoms with van der Waals surface area (Å²) in [6, 6.07) is 5.47. The molecule has 2 aliphatic heterocycles. The van der Waals surface area contributed by atoms with Gasteiger partial charge in [0.2, 0.25) is 5.91 Å². The number of aliphatic hydroxyl groups excluding tert-OH is 1. The van der Waals surface area contributed by atoms with Crippen molar-refractivity contribution in [1.29, 1.82) is 0 Å². The fourth-order valence-electron chi connectivity index (χ4n) is 3.45. The highest BCUT2D eigenvalue weighted by atomic mass is 19.1. The average molecular weight is 349 g/mol. The highest BCUT2D eigenvalue weighted by molar-refractivity contribution is 5.94. The predicted molar refractivity (Wildman–Crippen MR) is 90.4 cm³/mol. The smallest absolute Gasteiger partial charge is 0.253 e. The van der Waals surface area contributed by atoms with Crippen LogP contribution in [0.25, 0.3) is 0 Å². The number of hydrogen-bond acceptors (Lipinski definition) is 4. The molecule has 0 bridgehead atoms. The highest BCUT2D eigenvalue weighted by Crippen LogP contribution is 2.19. The number of piperidine rings is 1. The summed E-state index contributed by atoms with van der Waals surface area (Å²) in [4.78, 5) is 26.6. The second-order valence-corrected chi connectivity index (χ2v) is 6.83. The molecule has 0 spiro atoms. The lowest BCUT2D eigenvalue weighted by atomic mass is 9.96. The van der Waals surface area contributed by atoms with Gasteiger partial charge in [-0.3, -0.25) is 9.59 Å². The number of amides is 2. The van der Waals surface area contributed by atoms with Crippen LogP contribution in [0.15, 0.2) is 24.3 Å². The Morgan fingerprint density at radius 2 is 2.04 bits per heavy atom. The molecule has 3 rings (SSSR count). The summed E-state index contributed by atoms with van der Waals surface area (Å²) >= 11 is 0. The Hall–Kier alpha value is -1.99. The lowest BCUT2D eigenvalue weighted by molar-refractivity contribution is -0.126. The molecule has 0 radical (unpaired) electrons. The molecule has 2 aliphatic rings. The molecule has 25 heavy (non-hydrogen) atoms. The summed E-state index contributed by atoms with van der Waals surface area (Å²) in [5.74, 6) is -0.839. The molecule has 3 unspecified atom stereocenters. The summed E-state index contributed by atoms with van der Waals surface area (Å²) in [5.41, 5.74) is 0.433. The number of β-amino-alcohol motifs (C(OH)–C–C–N with tert-alkyl or cyclic N) is 1. The van der Waals surface area contributed by atoms with E-state index in [9.17, 15) is 19.1 Å². The molecule has 7 heteroatoms. The summed E-state index contributed by atoms with van der Waals surface area (Å²) in [6.07, 6.45) is 1.08. The zero-order valence-electron chi connectivity index (χ0n) is 14.1. The van der Waals surface area contributed by atoms with Crippen LogP contribution in [0.5, 0.6) is 0 Å². The standard InChI is InChI=1S/C18H24FN3O3/c19-15-5-3-12(4-6-15)18(25)22-7-1-2-13(11-22)17(24)21-9-14-8-20-10-16(14)23/h3-6,13-14,16,20,23H,1-2,7-11H2,(H,21,24). The first-order valence-corrected chi connectivity index (χ1v) is 8.76. The second-order valence-electron chi connectivity index (χ2n) is 6.83. The molecule has 2 fully saturated rings. The van der Waals surface area contributed by atoms with Gasteiger partial charge in [0.25, 0.3) is 5.91 Å². The van der Waals surface area contributed by atoms with Crippen molar-refractivity contribution in [2.24, 2.45) is 11.8 Å². The minimum absolute atomic E-state index is 0.0319. The molecule has 3 atom stereocenters. The van der Waals surface area contributed by atoms with Crippen LogP contribution < -0.4 is 10.6 Å². The van der Waals surface area contributed by atoms with Gasteiger partial charge >= 0.3 is 0 Å². The molecule has 0 saturated carbocycles.